The molecule has 0 amide bonds. The molecule has 0 aliphatic carbocycles. The molecule has 1 aromatic carbocycles. The molecule has 0 aliphatic rings. The van der Waals surface area contributed by atoms with Gasteiger partial charge >= 0.3 is 5.97 Å². The first-order valence-corrected chi connectivity index (χ1v) is 5.69. The molecule has 6 heteroatoms. The normalized spacial score (nSPS) is 10.3. The Hall–Kier alpha value is -1.97. The molecular formula is C12H12ClN3O2. The van der Waals surface area contributed by atoms with Crippen LogP contribution in [0, 0.1) is 0 Å². The molecule has 1 N–H and O–H groups in total. The molecule has 0 unspecified atom stereocenters. The molecule has 0 saturated heterocycles. The number of hydrogen-bond acceptors (Lipinski definition) is 2. The summed E-state index contributed by atoms with van der Waals surface area (Å²) in [5, 5.41) is 12.7. The van der Waals surface area contributed by atoms with Crippen LogP contribution >= 0.6 is 11.6 Å². The van der Waals surface area contributed by atoms with E-state index in [4.69, 9.17) is 22.2 Å². The van der Waals surface area contributed by atoms with Gasteiger partial charge in [-0.2, -0.15) is 0 Å². The Bertz CT molecular complexity index is 508. The van der Waals surface area contributed by atoms with Gasteiger partial charge in [-0.05, 0) is 35.2 Å². The van der Waals surface area contributed by atoms with Crippen LogP contribution in [0.25, 0.3) is 16.5 Å². The Morgan fingerprint density at radius 1 is 1.56 bits per heavy atom. The minimum atomic E-state index is -0.888. The van der Waals surface area contributed by atoms with E-state index in [1.165, 1.54) is 0 Å². The van der Waals surface area contributed by atoms with Crippen LogP contribution in [0.2, 0.25) is 5.02 Å². The largest absolute Gasteiger partial charge is 0.481 e. The highest BCUT2D eigenvalue weighted by atomic mass is 35.5. The Labute approximate surface area is 109 Å². The van der Waals surface area contributed by atoms with Gasteiger partial charge in [-0.25, -0.2) is 0 Å². The number of hydrogen-bond donors (Lipinski definition) is 1. The van der Waals surface area contributed by atoms with Crippen LogP contribution in [0.15, 0.2) is 29.4 Å². The van der Waals surface area contributed by atoms with E-state index in [9.17, 15) is 4.79 Å². The summed E-state index contributed by atoms with van der Waals surface area (Å²) >= 11 is 5.87. The highest BCUT2D eigenvalue weighted by molar-refractivity contribution is 6.30. The fourth-order valence-corrected chi connectivity index (χ4v) is 1.61. The van der Waals surface area contributed by atoms with E-state index in [-0.39, 0.29) is 6.42 Å². The van der Waals surface area contributed by atoms with Crippen LogP contribution in [0.3, 0.4) is 0 Å². The van der Waals surface area contributed by atoms with Crippen molar-refractivity contribution in [3.8, 4) is 0 Å². The van der Waals surface area contributed by atoms with E-state index in [0.717, 1.165) is 5.56 Å². The third-order valence-corrected chi connectivity index (χ3v) is 2.44. The van der Waals surface area contributed by atoms with Crippen molar-refractivity contribution in [2.75, 3.05) is 6.54 Å². The molecule has 1 rings (SSSR count). The second-order valence-corrected chi connectivity index (χ2v) is 4.00. The SMILES string of the molecule is [N-]=[N+]=NCCC=Cc1cc(Cl)ccc1CC(=O)O. The topological polar surface area (TPSA) is 86.1 Å². The minimum Gasteiger partial charge on any atom is -0.481 e. The third kappa shape index (κ3) is 4.91. The highest BCUT2D eigenvalue weighted by Gasteiger charge is 2.05. The monoisotopic (exact) mass is 265 g/mol. The number of carbonyl (C=O) groups is 1. The fourth-order valence-electron chi connectivity index (χ4n) is 1.43. The number of rotatable bonds is 6. The van der Waals surface area contributed by atoms with Crippen molar-refractivity contribution in [1.82, 2.24) is 0 Å². The third-order valence-electron chi connectivity index (χ3n) is 2.21. The molecule has 5 nitrogen and oxygen atoms in total. The van der Waals surface area contributed by atoms with Gasteiger partial charge < -0.3 is 5.11 Å². The number of benzene rings is 1. The maximum atomic E-state index is 10.7. The molecule has 18 heavy (non-hydrogen) atoms. The van der Waals surface area contributed by atoms with E-state index in [2.05, 4.69) is 10.0 Å². The lowest BCUT2D eigenvalue weighted by Crippen LogP contribution is -2.01. The maximum absolute atomic E-state index is 10.7. The number of azide groups is 1. The van der Waals surface area contributed by atoms with Gasteiger partial charge in [0.05, 0.1) is 6.42 Å². The molecule has 0 spiro atoms. The van der Waals surface area contributed by atoms with E-state index < -0.39 is 5.97 Å². The summed E-state index contributed by atoms with van der Waals surface area (Å²) in [6.45, 7) is 0.377. The van der Waals surface area contributed by atoms with Crippen molar-refractivity contribution in [2.45, 2.75) is 12.8 Å². The summed E-state index contributed by atoms with van der Waals surface area (Å²) in [4.78, 5) is 13.4. The molecule has 0 aliphatic heterocycles. The molecule has 0 aromatic heterocycles. The lowest BCUT2D eigenvalue weighted by Gasteiger charge is -2.04. The lowest BCUT2D eigenvalue weighted by atomic mass is 10.0. The smallest absolute Gasteiger partial charge is 0.307 e. The van der Waals surface area contributed by atoms with Gasteiger partial charge in [0.2, 0.25) is 0 Å². The zero-order chi connectivity index (χ0) is 13.4. The maximum Gasteiger partial charge on any atom is 0.307 e. The molecule has 0 radical (unpaired) electrons. The number of carboxylic acid groups (broad SMARTS) is 1. The summed E-state index contributed by atoms with van der Waals surface area (Å²) in [6.07, 6.45) is 4.17. The fraction of sp³-hybridized carbons (Fsp3) is 0.250. The zero-order valence-electron chi connectivity index (χ0n) is 9.58. The number of carboxylic acids is 1. The van der Waals surface area contributed by atoms with Gasteiger partial charge in [0.1, 0.15) is 0 Å². The molecule has 94 valence electrons. The average Bonchev–Trinajstić information content (AvgIpc) is 2.31. The van der Waals surface area contributed by atoms with Crippen molar-refractivity contribution in [3.05, 3.63) is 50.9 Å². The first-order valence-electron chi connectivity index (χ1n) is 5.31. The first-order chi connectivity index (χ1) is 8.63. The van der Waals surface area contributed by atoms with Crippen LogP contribution in [-0.2, 0) is 11.2 Å². The average molecular weight is 266 g/mol. The molecule has 1 aromatic rings. The Balaban J connectivity index is 2.81. The summed E-state index contributed by atoms with van der Waals surface area (Å²) in [5.41, 5.74) is 9.58. The van der Waals surface area contributed by atoms with Crippen molar-refractivity contribution < 1.29 is 9.90 Å². The summed E-state index contributed by atoms with van der Waals surface area (Å²) in [5.74, 6) is -0.888. The molecule has 0 saturated carbocycles. The Kier molecular flexibility index (Phi) is 5.77. The Morgan fingerprint density at radius 2 is 2.33 bits per heavy atom. The van der Waals surface area contributed by atoms with Crippen LogP contribution in [0.1, 0.15) is 17.5 Å². The predicted molar refractivity (Wildman–Crippen MR) is 70.5 cm³/mol. The van der Waals surface area contributed by atoms with Gasteiger partial charge in [-0.1, -0.05) is 34.9 Å². The first kappa shape index (κ1) is 14.1. The van der Waals surface area contributed by atoms with Crippen molar-refractivity contribution in [3.63, 3.8) is 0 Å². The Morgan fingerprint density at radius 3 is 3.00 bits per heavy atom. The lowest BCUT2D eigenvalue weighted by molar-refractivity contribution is -0.136. The second-order valence-electron chi connectivity index (χ2n) is 3.56. The molecule has 0 fully saturated rings. The minimum absolute atomic E-state index is 0.0484. The molecule has 0 atom stereocenters. The molecular weight excluding hydrogens is 254 g/mol. The van der Waals surface area contributed by atoms with Gasteiger partial charge in [-0.3, -0.25) is 4.79 Å². The van der Waals surface area contributed by atoms with Gasteiger partial charge in [0.25, 0.3) is 0 Å². The predicted octanol–water partition coefficient (Wildman–Crippen LogP) is 3.68. The number of aliphatic carboxylic acids is 1. The molecule has 0 heterocycles. The van der Waals surface area contributed by atoms with Crippen LogP contribution in [-0.4, -0.2) is 17.6 Å². The highest BCUT2D eigenvalue weighted by Crippen LogP contribution is 2.18. The van der Waals surface area contributed by atoms with E-state index in [1.54, 1.807) is 24.3 Å². The number of halogens is 1. The van der Waals surface area contributed by atoms with Gasteiger partial charge in [0, 0.05) is 16.5 Å². The zero-order valence-corrected chi connectivity index (χ0v) is 10.3. The standard InChI is InChI=1S/C12H12ClN3O2/c13-11-5-4-10(8-12(17)18)9(7-11)3-1-2-6-15-16-14/h1,3-5,7H,2,6,8H2,(H,17,18). The van der Waals surface area contributed by atoms with E-state index in [1.807, 2.05) is 6.08 Å². The van der Waals surface area contributed by atoms with Crippen LogP contribution in [0.5, 0.6) is 0 Å². The summed E-state index contributed by atoms with van der Waals surface area (Å²) in [7, 11) is 0. The molecule has 0 bridgehead atoms. The van der Waals surface area contributed by atoms with Crippen LogP contribution < -0.4 is 0 Å². The van der Waals surface area contributed by atoms with E-state index >= 15 is 0 Å². The summed E-state index contributed by atoms with van der Waals surface area (Å²) in [6, 6.07) is 5.07. The second kappa shape index (κ2) is 7.37. The van der Waals surface area contributed by atoms with Crippen molar-refractivity contribution in [2.24, 2.45) is 5.11 Å². The summed E-state index contributed by atoms with van der Waals surface area (Å²) < 4.78 is 0. The number of nitrogens with zero attached hydrogens (tertiary/aromatic N) is 3. The van der Waals surface area contributed by atoms with Crippen LogP contribution in [0.4, 0.5) is 0 Å². The van der Waals surface area contributed by atoms with Gasteiger partial charge in [-0.15, -0.1) is 0 Å². The quantitative estimate of drug-likeness (QED) is 0.368. The van der Waals surface area contributed by atoms with E-state index in [0.29, 0.717) is 23.6 Å². The van der Waals surface area contributed by atoms with Gasteiger partial charge in [0.15, 0.2) is 0 Å². The van der Waals surface area contributed by atoms with Crippen molar-refractivity contribution in [1.29, 1.82) is 0 Å². The van der Waals surface area contributed by atoms with Crippen molar-refractivity contribution >= 4 is 23.6 Å².